The summed E-state index contributed by atoms with van der Waals surface area (Å²) in [5.74, 6) is 0.541. The van der Waals surface area contributed by atoms with E-state index < -0.39 is 11.9 Å². The van der Waals surface area contributed by atoms with Gasteiger partial charge in [-0.15, -0.1) is 0 Å². The monoisotopic (exact) mass is 492 g/mol. The van der Waals surface area contributed by atoms with Crippen molar-refractivity contribution in [1.29, 1.82) is 0 Å². The van der Waals surface area contributed by atoms with E-state index in [1.807, 2.05) is 0 Å². The number of fused-ring (bicyclic) bond motifs is 1. The maximum absolute atomic E-state index is 13.6. The van der Waals surface area contributed by atoms with Gasteiger partial charge < -0.3 is 19.1 Å². The van der Waals surface area contributed by atoms with Crippen LogP contribution in [0.3, 0.4) is 0 Å². The van der Waals surface area contributed by atoms with Crippen LogP contribution >= 0.6 is 11.6 Å². The van der Waals surface area contributed by atoms with Crippen molar-refractivity contribution in [1.82, 2.24) is 4.90 Å². The quantitative estimate of drug-likeness (QED) is 0.483. The molecule has 178 valence electrons. The van der Waals surface area contributed by atoms with Gasteiger partial charge in [0.1, 0.15) is 11.8 Å². The Labute approximate surface area is 206 Å². The minimum absolute atomic E-state index is 0.0955. The molecule has 35 heavy (non-hydrogen) atoms. The fourth-order valence-corrected chi connectivity index (χ4v) is 4.31. The van der Waals surface area contributed by atoms with Gasteiger partial charge in [0.2, 0.25) is 12.7 Å². The molecule has 0 unspecified atom stereocenters. The average molecular weight is 493 g/mol. The normalized spacial score (nSPS) is 16.5. The first-order chi connectivity index (χ1) is 16.9. The van der Waals surface area contributed by atoms with Gasteiger partial charge in [0.15, 0.2) is 11.5 Å². The summed E-state index contributed by atoms with van der Waals surface area (Å²) in [7, 11) is 1.54. The number of carbonyl (C=O) groups is 3. The number of hydrogen-bond donors (Lipinski definition) is 0. The molecule has 1 saturated heterocycles. The highest BCUT2D eigenvalue weighted by Gasteiger charge is 2.44. The largest absolute Gasteiger partial charge is 0.497 e. The third-order valence-corrected chi connectivity index (χ3v) is 6.22. The first-order valence-corrected chi connectivity index (χ1v) is 11.3. The first-order valence-electron chi connectivity index (χ1n) is 10.9. The van der Waals surface area contributed by atoms with Gasteiger partial charge in [-0.1, -0.05) is 17.7 Å². The zero-order valence-corrected chi connectivity index (χ0v) is 19.5. The maximum Gasteiger partial charge on any atom is 0.257 e. The van der Waals surface area contributed by atoms with Gasteiger partial charge in [-0.2, -0.15) is 0 Å². The van der Waals surface area contributed by atoms with Gasteiger partial charge in [0, 0.05) is 17.1 Å². The fourth-order valence-electron chi connectivity index (χ4n) is 4.18. The van der Waals surface area contributed by atoms with Crippen molar-refractivity contribution < 1.29 is 28.6 Å². The lowest BCUT2D eigenvalue weighted by atomic mass is 10.1. The molecular weight excluding hydrogens is 472 g/mol. The molecule has 0 bridgehead atoms. The van der Waals surface area contributed by atoms with Crippen LogP contribution in [0, 0.1) is 0 Å². The number of anilines is 1. The number of halogens is 1. The Hall–Kier alpha value is -4.04. The van der Waals surface area contributed by atoms with E-state index in [4.69, 9.17) is 25.8 Å². The van der Waals surface area contributed by atoms with E-state index in [2.05, 4.69) is 0 Å². The predicted octanol–water partition coefficient (Wildman–Crippen LogP) is 4.05. The van der Waals surface area contributed by atoms with E-state index in [0.717, 1.165) is 10.5 Å². The predicted molar refractivity (Wildman–Crippen MR) is 128 cm³/mol. The Morgan fingerprint density at radius 1 is 1.03 bits per heavy atom. The number of carbonyl (C=O) groups excluding carboxylic acids is 3. The number of nitrogens with zero attached hydrogens (tertiary/aromatic N) is 2. The Morgan fingerprint density at radius 2 is 1.74 bits per heavy atom. The molecular formula is C26H21ClN2O6. The summed E-state index contributed by atoms with van der Waals surface area (Å²) in [5.41, 5.74) is 1.52. The molecule has 0 saturated carbocycles. The molecule has 0 aromatic heterocycles. The Morgan fingerprint density at radius 3 is 2.46 bits per heavy atom. The number of ether oxygens (including phenoxy) is 3. The molecule has 0 N–H and O–H groups in total. The number of amides is 3. The van der Waals surface area contributed by atoms with Crippen LogP contribution in [0.25, 0.3) is 0 Å². The minimum Gasteiger partial charge on any atom is -0.497 e. The third-order valence-electron chi connectivity index (χ3n) is 5.97. The van der Waals surface area contributed by atoms with E-state index in [1.54, 1.807) is 66.7 Å². The van der Waals surface area contributed by atoms with Crippen LogP contribution in [0.15, 0.2) is 66.7 Å². The average Bonchev–Trinajstić information content (AvgIpc) is 3.46. The summed E-state index contributed by atoms with van der Waals surface area (Å²) in [6.07, 6.45) is -0.130. The first kappa shape index (κ1) is 22.7. The van der Waals surface area contributed by atoms with Crippen LogP contribution < -0.4 is 19.1 Å². The van der Waals surface area contributed by atoms with Gasteiger partial charge in [-0.05, 0) is 66.2 Å². The van der Waals surface area contributed by atoms with Crippen LogP contribution in [-0.2, 0) is 16.1 Å². The lowest BCUT2D eigenvalue weighted by Gasteiger charge is -2.28. The van der Waals surface area contributed by atoms with Crippen molar-refractivity contribution in [3.8, 4) is 17.2 Å². The molecule has 3 amide bonds. The van der Waals surface area contributed by atoms with Crippen LogP contribution in [-0.4, -0.2) is 42.6 Å². The summed E-state index contributed by atoms with van der Waals surface area (Å²) < 4.78 is 16.0. The van der Waals surface area contributed by atoms with Crippen LogP contribution in [0.2, 0.25) is 5.02 Å². The van der Waals surface area contributed by atoms with Crippen LogP contribution in [0.5, 0.6) is 17.2 Å². The van der Waals surface area contributed by atoms with E-state index in [1.165, 1.54) is 12.0 Å². The number of methoxy groups -OCH3 is 1. The topological polar surface area (TPSA) is 85.4 Å². The molecule has 3 aromatic carbocycles. The van der Waals surface area contributed by atoms with Gasteiger partial charge in [-0.3, -0.25) is 14.4 Å². The Balaban J connectivity index is 1.48. The smallest absolute Gasteiger partial charge is 0.257 e. The highest BCUT2D eigenvalue weighted by Crippen LogP contribution is 2.34. The second kappa shape index (κ2) is 9.31. The van der Waals surface area contributed by atoms with Crippen molar-refractivity contribution in [2.45, 2.75) is 19.0 Å². The Kier molecular flexibility index (Phi) is 6.05. The highest BCUT2D eigenvalue weighted by molar-refractivity contribution is 6.30. The molecule has 2 aliphatic rings. The number of imide groups is 1. The summed E-state index contributed by atoms with van der Waals surface area (Å²) in [5, 5.41) is 0.488. The summed E-state index contributed by atoms with van der Waals surface area (Å²) >= 11 is 5.99. The number of hydrogen-bond acceptors (Lipinski definition) is 6. The van der Waals surface area contributed by atoms with Crippen molar-refractivity contribution in [2.75, 3.05) is 18.8 Å². The fraction of sp³-hybridized carbons (Fsp3) is 0.192. The summed E-state index contributed by atoms with van der Waals surface area (Å²) in [6.45, 7) is 0.219. The molecule has 3 aromatic rings. The highest BCUT2D eigenvalue weighted by atomic mass is 35.5. The van der Waals surface area contributed by atoms with Crippen LogP contribution in [0.1, 0.15) is 22.3 Å². The van der Waals surface area contributed by atoms with E-state index >= 15 is 0 Å². The van der Waals surface area contributed by atoms with Crippen molar-refractivity contribution in [2.24, 2.45) is 0 Å². The molecule has 0 radical (unpaired) electrons. The van der Waals surface area contributed by atoms with E-state index in [9.17, 15) is 14.4 Å². The lowest BCUT2D eigenvalue weighted by molar-refractivity contribution is -0.122. The molecule has 0 aliphatic carbocycles. The second-order valence-corrected chi connectivity index (χ2v) is 8.55. The van der Waals surface area contributed by atoms with Gasteiger partial charge in [0.25, 0.3) is 11.8 Å². The molecule has 2 heterocycles. The zero-order chi connectivity index (χ0) is 24.5. The molecule has 5 rings (SSSR count). The summed E-state index contributed by atoms with van der Waals surface area (Å²) in [4.78, 5) is 42.6. The van der Waals surface area contributed by atoms with Crippen molar-refractivity contribution >= 4 is 35.0 Å². The maximum atomic E-state index is 13.6. The van der Waals surface area contributed by atoms with E-state index in [-0.39, 0.29) is 31.6 Å². The number of benzene rings is 3. The molecule has 1 atom stereocenters. The van der Waals surface area contributed by atoms with Crippen LogP contribution in [0.4, 0.5) is 5.69 Å². The SMILES string of the molecule is COc1ccc(N2C(=O)C[C@@H](N(Cc3ccc4c(c3)OCO4)C(=O)c3ccc(Cl)cc3)C2=O)cc1. The lowest BCUT2D eigenvalue weighted by Crippen LogP contribution is -2.45. The zero-order valence-electron chi connectivity index (χ0n) is 18.8. The standard InChI is InChI=1S/C26H21ClN2O6/c1-33-20-9-7-19(8-10-20)29-24(30)13-21(26(29)32)28(25(31)17-3-5-18(27)6-4-17)14-16-2-11-22-23(12-16)35-15-34-22/h2-12,21H,13-15H2,1H3/t21-/m1/s1. The van der Waals surface area contributed by atoms with Crippen molar-refractivity contribution in [3.05, 3.63) is 82.9 Å². The Bertz CT molecular complexity index is 1290. The summed E-state index contributed by atoms with van der Waals surface area (Å²) in [6, 6.07) is 17.4. The molecule has 9 heteroatoms. The second-order valence-electron chi connectivity index (χ2n) is 8.11. The van der Waals surface area contributed by atoms with E-state index in [0.29, 0.717) is 33.5 Å². The van der Waals surface area contributed by atoms with Gasteiger partial charge in [0.05, 0.1) is 19.2 Å². The third kappa shape index (κ3) is 4.40. The van der Waals surface area contributed by atoms with Crippen molar-refractivity contribution in [3.63, 3.8) is 0 Å². The number of rotatable bonds is 6. The molecule has 8 nitrogen and oxygen atoms in total. The molecule has 1 fully saturated rings. The molecule has 2 aliphatic heterocycles. The molecule has 0 spiro atoms. The minimum atomic E-state index is -0.974. The van der Waals surface area contributed by atoms with Gasteiger partial charge >= 0.3 is 0 Å². The van der Waals surface area contributed by atoms with Gasteiger partial charge in [-0.25, -0.2) is 4.90 Å².